The summed E-state index contributed by atoms with van der Waals surface area (Å²) >= 11 is 0. The van der Waals surface area contributed by atoms with Crippen molar-refractivity contribution >= 4 is 39.0 Å². The molecule has 312 valence electrons. The van der Waals surface area contributed by atoms with Gasteiger partial charge in [-0.25, -0.2) is 0 Å². The molecular weight excluding hydrogens is 783 g/mol. The van der Waals surface area contributed by atoms with Gasteiger partial charge in [-0.15, -0.1) is 0 Å². The summed E-state index contributed by atoms with van der Waals surface area (Å²) in [4.78, 5) is 2.46. The van der Waals surface area contributed by atoms with Crippen molar-refractivity contribution in [3.8, 4) is 44.5 Å². The lowest BCUT2D eigenvalue weighted by Gasteiger charge is -2.29. The Morgan fingerprint density at radius 1 is 0.431 bits per heavy atom. The fourth-order valence-electron chi connectivity index (χ4n) is 11.5. The number of anilines is 3. The third-order valence-corrected chi connectivity index (χ3v) is 14.6. The Kier molecular flexibility index (Phi) is 9.79. The Hall–Kier alpha value is -7.48. The molecule has 0 aromatic heterocycles. The zero-order chi connectivity index (χ0) is 43.3. The molecule has 3 aliphatic rings. The summed E-state index contributed by atoms with van der Waals surface area (Å²) in [5, 5.41) is 2.52. The quantitative estimate of drug-likeness (QED) is 0.147. The molecule has 3 aliphatic carbocycles. The molecule has 9 aromatic carbocycles. The van der Waals surface area contributed by atoms with Gasteiger partial charge in [0.15, 0.2) is 0 Å². The highest BCUT2D eigenvalue weighted by atomic mass is 15.1. The summed E-state index contributed by atoms with van der Waals surface area (Å²) < 4.78 is 0. The molecule has 1 unspecified atom stereocenters. The summed E-state index contributed by atoms with van der Waals surface area (Å²) in [5.41, 5.74) is 22.0. The number of benzene rings is 9. The van der Waals surface area contributed by atoms with Crippen LogP contribution in [0.4, 0.5) is 17.1 Å². The van der Waals surface area contributed by atoms with Gasteiger partial charge in [0.1, 0.15) is 0 Å². The van der Waals surface area contributed by atoms with E-state index in [0.717, 1.165) is 23.5 Å². The average Bonchev–Trinajstić information content (AvgIpc) is 3.98. The third-order valence-electron chi connectivity index (χ3n) is 14.6. The Morgan fingerprint density at radius 2 is 1.02 bits per heavy atom. The highest BCUT2D eigenvalue weighted by Gasteiger charge is 2.44. The van der Waals surface area contributed by atoms with Crippen LogP contribution in [0.2, 0.25) is 0 Å². The van der Waals surface area contributed by atoms with E-state index in [1.165, 1.54) is 114 Å². The second-order valence-corrected chi connectivity index (χ2v) is 18.4. The fraction of sp³-hybridized carbons (Fsp3) is 0.125. The van der Waals surface area contributed by atoms with Crippen molar-refractivity contribution in [2.45, 2.75) is 44.4 Å². The van der Waals surface area contributed by atoms with E-state index in [-0.39, 0.29) is 5.41 Å². The molecule has 0 bridgehead atoms. The van der Waals surface area contributed by atoms with Gasteiger partial charge in [0, 0.05) is 22.4 Å². The minimum atomic E-state index is 0.139. The molecule has 0 aliphatic heterocycles. The van der Waals surface area contributed by atoms with Crippen LogP contribution in [0.1, 0.15) is 61.3 Å². The first kappa shape index (κ1) is 39.1. The minimum Gasteiger partial charge on any atom is -0.310 e. The summed E-state index contributed by atoms with van der Waals surface area (Å²) in [6.45, 7) is 2.32. The molecule has 1 atom stereocenters. The van der Waals surface area contributed by atoms with Crippen molar-refractivity contribution in [2.24, 2.45) is 5.92 Å². The van der Waals surface area contributed by atoms with Crippen molar-refractivity contribution in [3.63, 3.8) is 0 Å². The number of fused-ring (bicyclic) bond motifs is 6. The van der Waals surface area contributed by atoms with Crippen molar-refractivity contribution < 1.29 is 0 Å². The van der Waals surface area contributed by atoms with Crippen LogP contribution in [-0.2, 0) is 5.41 Å². The minimum absolute atomic E-state index is 0.139. The average molecular weight is 834 g/mol. The highest BCUT2D eigenvalue weighted by Crippen LogP contribution is 2.57. The Bertz CT molecular complexity index is 3280. The number of rotatable bonds is 8. The van der Waals surface area contributed by atoms with Gasteiger partial charge in [-0.05, 0) is 145 Å². The Morgan fingerprint density at radius 3 is 1.80 bits per heavy atom. The van der Waals surface area contributed by atoms with Crippen LogP contribution >= 0.6 is 0 Å². The second kappa shape index (κ2) is 16.3. The normalized spacial score (nSPS) is 15.9. The topological polar surface area (TPSA) is 3.24 Å². The van der Waals surface area contributed by atoms with Gasteiger partial charge in [0.05, 0.1) is 5.69 Å². The molecule has 1 spiro atoms. The highest BCUT2D eigenvalue weighted by molar-refractivity contribution is 6.03. The number of nitrogens with zero attached hydrogens (tertiary/aromatic N) is 1. The number of hydrogen-bond donors (Lipinski definition) is 0. The van der Waals surface area contributed by atoms with Gasteiger partial charge >= 0.3 is 0 Å². The summed E-state index contributed by atoms with van der Waals surface area (Å²) in [6, 6.07) is 79.1. The second-order valence-electron chi connectivity index (χ2n) is 18.4. The molecule has 0 N–H and O–H groups in total. The zero-order valence-electron chi connectivity index (χ0n) is 36.9. The van der Waals surface area contributed by atoms with Gasteiger partial charge in [-0.3, -0.25) is 0 Å². The Labute approximate surface area is 383 Å². The van der Waals surface area contributed by atoms with Crippen molar-refractivity contribution in [1.82, 2.24) is 0 Å². The molecule has 1 heteroatoms. The molecule has 0 heterocycles. The first-order valence-electron chi connectivity index (χ1n) is 23.5. The third kappa shape index (κ3) is 6.77. The van der Waals surface area contributed by atoms with E-state index < -0.39 is 0 Å². The van der Waals surface area contributed by atoms with Crippen molar-refractivity contribution in [2.75, 3.05) is 4.90 Å². The standard InChI is InChI=1S/C64H51N/c1-44-28-38-56(60(42-44)47-16-3-2-4-17-47)54-21-7-8-22-55(54)59-24-10-12-27-63(59)65(51-36-31-48(32-37-51)53-25-15-19-46-18-5-6-20-52(46)53)50-34-29-45(30-35-50)49-33-39-58-57-23-9-11-26-61(57)64(62(58)43-49)40-13-14-41-64/h2-12,15-39,43-44H,13-14,40-42H2,1H3. The molecular formula is C64H51N. The SMILES string of the molecule is CC1C=CC(c2ccccc2-c2ccccc2N(c2ccc(-c3ccc4c(c3)C3(CCCC3)c3ccccc3-4)cc2)c2ccc(-c3cccc4ccccc34)cc2)=C(c2ccccc2)C1. The van der Waals surface area contributed by atoms with E-state index in [0.29, 0.717) is 5.92 Å². The van der Waals surface area contributed by atoms with Gasteiger partial charge < -0.3 is 4.90 Å². The maximum Gasteiger partial charge on any atom is 0.0540 e. The molecule has 0 radical (unpaired) electrons. The fourth-order valence-corrected chi connectivity index (χ4v) is 11.5. The van der Waals surface area contributed by atoms with E-state index in [1.807, 2.05) is 0 Å². The van der Waals surface area contributed by atoms with Crippen LogP contribution in [0.25, 0.3) is 66.4 Å². The number of para-hydroxylation sites is 1. The summed E-state index contributed by atoms with van der Waals surface area (Å²) in [5.74, 6) is 0.473. The molecule has 12 rings (SSSR count). The van der Waals surface area contributed by atoms with Gasteiger partial charge in [0.25, 0.3) is 0 Å². The lowest BCUT2D eigenvalue weighted by molar-refractivity contribution is 0.550. The lowest BCUT2D eigenvalue weighted by atomic mass is 9.76. The van der Waals surface area contributed by atoms with Crippen molar-refractivity contribution in [1.29, 1.82) is 0 Å². The van der Waals surface area contributed by atoms with Crippen LogP contribution < -0.4 is 4.90 Å². The molecule has 0 saturated heterocycles. The number of allylic oxidation sites excluding steroid dienone is 4. The monoisotopic (exact) mass is 833 g/mol. The van der Waals surface area contributed by atoms with Gasteiger partial charge in [-0.2, -0.15) is 0 Å². The summed E-state index contributed by atoms with van der Waals surface area (Å²) in [6.07, 6.45) is 10.8. The smallest absolute Gasteiger partial charge is 0.0540 e. The molecule has 65 heavy (non-hydrogen) atoms. The van der Waals surface area contributed by atoms with Crippen LogP contribution in [-0.4, -0.2) is 0 Å². The molecule has 9 aromatic rings. The van der Waals surface area contributed by atoms with E-state index in [2.05, 4.69) is 236 Å². The molecule has 1 saturated carbocycles. The van der Waals surface area contributed by atoms with E-state index in [9.17, 15) is 0 Å². The van der Waals surface area contributed by atoms with E-state index in [4.69, 9.17) is 0 Å². The van der Waals surface area contributed by atoms with Crippen LogP contribution in [0.3, 0.4) is 0 Å². The molecule has 1 fully saturated rings. The Balaban J connectivity index is 0.988. The maximum atomic E-state index is 2.52. The van der Waals surface area contributed by atoms with E-state index in [1.54, 1.807) is 0 Å². The predicted molar refractivity (Wildman–Crippen MR) is 276 cm³/mol. The zero-order valence-corrected chi connectivity index (χ0v) is 36.9. The van der Waals surface area contributed by atoms with Crippen LogP contribution in [0.15, 0.2) is 224 Å². The number of hydrogen-bond acceptors (Lipinski definition) is 1. The maximum absolute atomic E-state index is 2.52. The molecule has 1 nitrogen and oxygen atoms in total. The summed E-state index contributed by atoms with van der Waals surface area (Å²) in [7, 11) is 0. The first-order chi connectivity index (χ1) is 32.1. The predicted octanol–water partition coefficient (Wildman–Crippen LogP) is 17.7. The molecule has 0 amide bonds. The lowest BCUT2D eigenvalue weighted by Crippen LogP contribution is -2.20. The van der Waals surface area contributed by atoms with Gasteiger partial charge in [0.2, 0.25) is 0 Å². The first-order valence-corrected chi connectivity index (χ1v) is 23.5. The van der Waals surface area contributed by atoms with Crippen LogP contribution in [0, 0.1) is 5.92 Å². The van der Waals surface area contributed by atoms with Gasteiger partial charge in [-0.1, -0.05) is 208 Å². The van der Waals surface area contributed by atoms with Crippen molar-refractivity contribution in [3.05, 3.63) is 247 Å². The largest absolute Gasteiger partial charge is 0.310 e. The van der Waals surface area contributed by atoms with Crippen LogP contribution in [0.5, 0.6) is 0 Å². The van der Waals surface area contributed by atoms with E-state index >= 15 is 0 Å².